The highest BCUT2D eigenvalue weighted by atomic mass is 32.2. The molecule has 2 heterocycles. The number of ether oxygens (including phenoxy) is 1. The van der Waals surface area contributed by atoms with E-state index in [0.29, 0.717) is 18.8 Å². The molecule has 0 bridgehead atoms. The van der Waals surface area contributed by atoms with Crippen molar-refractivity contribution in [3.05, 3.63) is 11.8 Å². The second kappa shape index (κ2) is 9.01. The minimum atomic E-state index is -3.27. The number of anilines is 1. The topological polar surface area (TPSA) is 133 Å². The lowest BCUT2D eigenvalue weighted by Gasteiger charge is -2.15. The van der Waals surface area contributed by atoms with E-state index in [1.165, 1.54) is 4.31 Å². The third-order valence-electron chi connectivity index (χ3n) is 6.57. The molecule has 4 atom stereocenters. The predicted molar refractivity (Wildman–Crippen MR) is 119 cm³/mol. The van der Waals surface area contributed by atoms with Crippen molar-refractivity contribution < 1.29 is 22.7 Å². The van der Waals surface area contributed by atoms with Crippen LogP contribution in [0, 0.1) is 11.8 Å². The third kappa shape index (κ3) is 5.09. The van der Waals surface area contributed by atoms with E-state index in [1.807, 2.05) is 26.8 Å². The number of sulfonamides is 1. The van der Waals surface area contributed by atoms with Crippen LogP contribution in [0.2, 0.25) is 0 Å². The Balaban J connectivity index is 1.30. The maximum absolute atomic E-state index is 12.8. The number of alkyl carbamates (subject to hydrolysis) is 1. The van der Waals surface area contributed by atoms with Crippen molar-refractivity contribution in [3.8, 4) is 0 Å². The Morgan fingerprint density at radius 2 is 1.97 bits per heavy atom. The van der Waals surface area contributed by atoms with Gasteiger partial charge in [-0.2, -0.15) is 5.10 Å². The number of amides is 2. The molecule has 2 unspecified atom stereocenters. The van der Waals surface area contributed by atoms with E-state index in [1.54, 1.807) is 0 Å². The van der Waals surface area contributed by atoms with Gasteiger partial charge in [0.15, 0.2) is 5.82 Å². The molecule has 10 nitrogen and oxygen atoms in total. The molecule has 1 aromatic rings. The predicted octanol–water partition coefficient (Wildman–Crippen LogP) is 2.18. The molecule has 0 radical (unpaired) electrons. The monoisotopic (exact) mass is 467 g/mol. The van der Waals surface area contributed by atoms with Crippen molar-refractivity contribution in [2.24, 2.45) is 11.8 Å². The number of nitrogens with one attached hydrogen (secondary N) is 3. The van der Waals surface area contributed by atoms with Crippen molar-refractivity contribution in [2.45, 2.75) is 76.2 Å². The van der Waals surface area contributed by atoms with Crippen LogP contribution in [-0.4, -0.2) is 65.4 Å². The van der Waals surface area contributed by atoms with E-state index in [0.717, 1.165) is 31.4 Å². The number of carbonyl (C=O) groups is 2. The molecule has 2 amide bonds. The first-order valence-electron chi connectivity index (χ1n) is 11.5. The molecule has 0 aromatic carbocycles. The number of hydrogen-bond donors (Lipinski definition) is 3. The summed E-state index contributed by atoms with van der Waals surface area (Å²) in [5, 5.41) is 12.5. The SMILES string of the molecule is CC(C)NC(=O)O[C@@H]1CC[C@H](c2cc(NC(=O)C3CN(S(=O)(=O)C4CC4)CC3C)n[nH]2)C1. The summed E-state index contributed by atoms with van der Waals surface area (Å²) >= 11 is 0. The van der Waals surface area contributed by atoms with Gasteiger partial charge >= 0.3 is 6.09 Å². The van der Waals surface area contributed by atoms with Gasteiger partial charge in [0.1, 0.15) is 6.10 Å². The molecule has 3 N–H and O–H groups in total. The summed E-state index contributed by atoms with van der Waals surface area (Å²) < 4.78 is 32.0. The van der Waals surface area contributed by atoms with E-state index in [2.05, 4.69) is 20.8 Å². The quantitative estimate of drug-likeness (QED) is 0.563. The molecule has 1 aromatic heterocycles. The molecular formula is C21H33N5O5S. The van der Waals surface area contributed by atoms with E-state index < -0.39 is 22.0 Å². The van der Waals surface area contributed by atoms with Gasteiger partial charge in [-0.15, -0.1) is 0 Å². The van der Waals surface area contributed by atoms with Crippen molar-refractivity contribution in [1.82, 2.24) is 19.8 Å². The summed E-state index contributed by atoms with van der Waals surface area (Å²) in [6, 6.07) is 1.85. The average molecular weight is 468 g/mol. The zero-order valence-electron chi connectivity index (χ0n) is 18.8. The molecule has 0 spiro atoms. The van der Waals surface area contributed by atoms with Gasteiger partial charge in [-0.05, 0) is 51.9 Å². The first kappa shape index (κ1) is 23.0. The lowest BCUT2D eigenvalue weighted by atomic mass is 9.97. The Morgan fingerprint density at radius 1 is 1.22 bits per heavy atom. The molecule has 3 fully saturated rings. The van der Waals surface area contributed by atoms with Crippen LogP contribution in [-0.2, 0) is 19.6 Å². The summed E-state index contributed by atoms with van der Waals surface area (Å²) in [5.41, 5.74) is 0.896. The zero-order chi connectivity index (χ0) is 23.0. The molecule has 11 heteroatoms. The van der Waals surface area contributed by atoms with Crippen LogP contribution in [0.15, 0.2) is 6.07 Å². The fourth-order valence-corrected chi connectivity index (χ4v) is 6.59. The van der Waals surface area contributed by atoms with Gasteiger partial charge < -0.3 is 15.4 Å². The number of rotatable bonds is 7. The van der Waals surface area contributed by atoms with Crippen LogP contribution in [0.1, 0.15) is 64.5 Å². The summed E-state index contributed by atoms with van der Waals surface area (Å²) in [6.07, 6.45) is 3.25. The van der Waals surface area contributed by atoms with Crippen LogP contribution >= 0.6 is 0 Å². The van der Waals surface area contributed by atoms with Crippen molar-refractivity contribution in [1.29, 1.82) is 0 Å². The normalized spacial score (nSPS) is 28.8. The van der Waals surface area contributed by atoms with Gasteiger partial charge in [-0.3, -0.25) is 9.89 Å². The minimum absolute atomic E-state index is 0.0296. The standard InChI is InChI=1S/C21H33N5O5S/c1-12(2)22-21(28)31-15-5-4-14(8-15)18-9-19(25-24-18)23-20(27)17-11-26(10-13(17)3)32(29,30)16-6-7-16/h9,12-17H,4-8,10-11H2,1-3H3,(H,22,28)(H2,23,24,25,27)/t13?,14-,15+,17?/m0/s1. The Bertz CT molecular complexity index is 958. The Morgan fingerprint density at radius 3 is 2.66 bits per heavy atom. The van der Waals surface area contributed by atoms with Crippen LogP contribution in [0.25, 0.3) is 0 Å². The maximum atomic E-state index is 12.8. The first-order valence-corrected chi connectivity index (χ1v) is 13.0. The molecule has 32 heavy (non-hydrogen) atoms. The smallest absolute Gasteiger partial charge is 0.407 e. The molecule has 1 aliphatic heterocycles. The van der Waals surface area contributed by atoms with Crippen molar-refractivity contribution in [3.63, 3.8) is 0 Å². The Hall–Kier alpha value is -2.14. The minimum Gasteiger partial charge on any atom is -0.446 e. The van der Waals surface area contributed by atoms with Crippen LogP contribution < -0.4 is 10.6 Å². The Labute approximate surface area is 188 Å². The van der Waals surface area contributed by atoms with Gasteiger partial charge in [0, 0.05) is 36.8 Å². The molecule has 178 valence electrons. The number of nitrogens with zero attached hydrogens (tertiary/aromatic N) is 2. The molecular weight excluding hydrogens is 434 g/mol. The van der Waals surface area contributed by atoms with Gasteiger partial charge in [0.25, 0.3) is 0 Å². The maximum Gasteiger partial charge on any atom is 0.407 e. The van der Waals surface area contributed by atoms with E-state index in [9.17, 15) is 18.0 Å². The van der Waals surface area contributed by atoms with Crippen LogP contribution in [0.5, 0.6) is 0 Å². The van der Waals surface area contributed by atoms with Gasteiger partial charge in [0.2, 0.25) is 15.9 Å². The summed E-state index contributed by atoms with van der Waals surface area (Å²) in [5.74, 6) is -0.0432. The largest absolute Gasteiger partial charge is 0.446 e. The lowest BCUT2D eigenvalue weighted by molar-refractivity contribution is -0.120. The number of carbonyl (C=O) groups excluding carboxylic acids is 2. The summed E-state index contributed by atoms with van der Waals surface area (Å²) in [4.78, 5) is 24.6. The highest BCUT2D eigenvalue weighted by molar-refractivity contribution is 7.90. The first-order chi connectivity index (χ1) is 15.1. The van der Waals surface area contributed by atoms with E-state index in [-0.39, 0.29) is 41.7 Å². The van der Waals surface area contributed by atoms with E-state index >= 15 is 0 Å². The number of hydrogen-bond acceptors (Lipinski definition) is 6. The summed E-state index contributed by atoms with van der Waals surface area (Å²) in [6.45, 7) is 6.29. The van der Waals surface area contributed by atoms with Crippen molar-refractivity contribution in [2.75, 3.05) is 18.4 Å². The number of aromatic amines is 1. The molecule has 1 saturated heterocycles. The zero-order valence-corrected chi connectivity index (χ0v) is 19.7. The molecule has 4 rings (SSSR count). The average Bonchev–Trinajstić information content (AvgIpc) is 3.11. The lowest BCUT2D eigenvalue weighted by Crippen LogP contribution is -2.33. The molecule has 2 saturated carbocycles. The van der Waals surface area contributed by atoms with Gasteiger partial charge in [-0.1, -0.05) is 6.92 Å². The number of aromatic nitrogens is 2. The second-order valence-electron chi connectivity index (χ2n) is 9.68. The highest BCUT2D eigenvalue weighted by Gasteiger charge is 2.46. The fourth-order valence-electron chi connectivity index (χ4n) is 4.63. The fraction of sp³-hybridized carbons (Fsp3) is 0.762. The summed E-state index contributed by atoms with van der Waals surface area (Å²) in [7, 11) is -3.27. The third-order valence-corrected chi connectivity index (χ3v) is 8.91. The second-order valence-corrected chi connectivity index (χ2v) is 11.9. The highest BCUT2D eigenvalue weighted by Crippen LogP contribution is 2.37. The van der Waals surface area contributed by atoms with Crippen LogP contribution in [0.3, 0.4) is 0 Å². The molecule has 2 aliphatic carbocycles. The van der Waals surface area contributed by atoms with Gasteiger partial charge in [-0.25, -0.2) is 17.5 Å². The Kier molecular flexibility index (Phi) is 6.49. The van der Waals surface area contributed by atoms with E-state index in [4.69, 9.17) is 4.74 Å². The van der Waals surface area contributed by atoms with Gasteiger partial charge in [0.05, 0.1) is 11.2 Å². The van der Waals surface area contributed by atoms with Crippen molar-refractivity contribution >= 4 is 27.8 Å². The number of H-pyrrole nitrogens is 1. The van der Waals surface area contributed by atoms with Crippen LogP contribution in [0.4, 0.5) is 10.6 Å². The molecule has 3 aliphatic rings.